The van der Waals surface area contributed by atoms with Gasteiger partial charge in [0.2, 0.25) is 0 Å². The molecule has 0 N–H and O–H groups in total. The third-order valence-corrected chi connectivity index (χ3v) is 39.2. The van der Waals surface area contributed by atoms with Gasteiger partial charge in [0.25, 0.3) is 5.97 Å². The highest BCUT2D eigenvalue weighted by Crippen LogP contribution is 2.44. The molecule has 0 aromatic rings. The standard InChI is InChI=1S/C74H156O5Si4/c1-11-20-29-38-47-56-65-80(66-57-48-39-30-21-12-2,67-58-49-40-31-22-13-3)77-82(70-61-52-43-34-25-16-6,71-62-53-44-35-26-17-7)79-83(72-63-54-45-36-27-18-8,73-64-55-46-37-28-19-9)78-81(76-74(10)75,68-59-50-41-32-23-14-4)69-60-51-42-33-24-15-5/h11-73H2,1-10H3. The van der Waals surface area contributed by atoms with Crippen molar-refractivity contribution in [3.8, 4) is 0 Å². The molecule has 0 rings (SSSR count). The normalized spacial score (nSPS) is 12.6. The molecule has 0 aromatic heterocycles. The SMILES string of the molecule is CCCCCCCC[Si](CCCCCCCC)(CCCCCCCC)O[Si](CCCCCCCC)(CCCCCCCC)O[Si](CCCCCCCC)(CCCCCCCC)O[Si](CCCCCCCC)(CCCCCCCC)OC(C)=O. The minimum atomic E-state index is -3.11. The Labute approximate surface area is 528 Å². The van der Waals surface area contributed by atoms with Gasteiger partial charge in [-0.25, -0.2) is 0 Å². The zero-order chi connectivity index (χ0) is 61.0. The Hall–Kier alpha value is 0.218. The van der Waals surface area contributed by atoms with Gasteiger partial charge in [-0.2, -0.15) is 0 Å². The fourth-order valence-electron chi connectivity index (χ4n) is 13.6. The summed E-state index contributed by atoms with van der Waals surface area (Å²) in [5.41, 5.74) is 0. The molecule has 0 saturated heterocycles. The van der Waals surface area contributed by atoms with E-state index in [0.29, 0.717) is 0 Å². The van der Waals surface area contributed by atoms with Crippen LogP contribution in [0.4, 0.5) is 0 Å². The van der Waals surface area contributed by atoms with E-state index >= 15 is 0 Å². The maximum Gasteiger partial charge on any atom is 0.392 e. The maximum absolute atomic E-state index is 14.0. The van der Waals surface area contributed by atoms with Gasteiger partial charge in [0.15, 0.2) is 8.32 Å². The Kier molecular flexibility index (Phi) is 61.3. The van der Waals surface area contributed by atoms with E-state index in [1.165, 1.54) is 352 Å². The van der Waals surface area contributed by atoms with Crippen molar-refractivity contribution in [1.29, 1.82) is 0 Å². The van der Waals surface area contributed by atoms with Gasteiger partial charge in [0.1, 0.15) is 0 Å². The number of carbonyl (C=O) groups excluding carboxylic acids is 1. The number of unbranched alkanes of at least 4 members (excludes halogenated alkanes) is 45. The first-order valence-corrected chi connectivity index (χ1v) is 48.1. The molecule has 0 radical (unpaired) electrons. The lowest BCUT2D eigenvalue weighted by molar-refractivity contribution is -0.133. The largest absolute Gasteiger partial charge is 0.495 e. The predicted molar refractivity (Wildman–Crippen MR) is 382 cm³/mol. The van der Waals surface area contributed by atoms with Crippen LogP contribution >= 0.6 is 0 Å². The fourth-order valence-corrected chi connectivity index (χ4v) is 38.4. The minimum absolute atomic E-state index is 0.0992. The van der Waals surface area contributed by atoms with Crippen molar-refractivity contribution >= 4 is 40.0 Å². The van der Waals surface area contributed by atoms with Gasteiger partial charge in [-0.05, 0) is 42.3 Å². The molecule has 0 atom stereocenters. The molecule has 0 amide bonds. The molecule has 0 aliphatic carbocycles. The van der Waals surface area contributed by atoms with Gasteiger partial charge in [-0.15, -0.1) is 0 Å². The van der Waals surface area contributed by atoms with Crippen LogP contribution in [0.2, 0.25) is 54.4 Å². The summed E-state index contributed by atoms with van der Waals surface area (Å²) in [7, 11) is -11.5. The Balaban J connectivity index is 8.80. The van der Waals surface area contributed by atoms with Crippen molar-refractivity contribution in [2.45, 2.75) is 470 Å². The van der Waals surface area contributed by atoms with Crippen LogP contribution in [0, 0.1) is 0 Å². The van der Waals surface area contributed by atoms with Crippen LogP contribution in [0.3, 0.4) is 0 Å². The summed E-state index contributed by atoms with van der Waals surface area (Å²) in [4.78, 5) is 14.0. The first-order chi connectivity index (χ1) is 40.6. The summed E-state index contributed by atoms with van der Waals surface area (Å²) in [6.45, 7) is 23.0. The maximum atomic E-state index is 14.0. The van der Waals surface area contributed by atoms with Crippen LogP contribution in [0.25, 0.3) is 0 Å². The smallest absolute Gasteiger partial charge is 0.392 e. The van der Waals surface area contributed by atoms with Crippen LogP contribution in [-0.4, -0.2) is 40.0 Å². The van der Waals surface area contributed by atoms with Gasteiger partial charge in [0.05, 0.1) is 0 Å². The molecule has 0 aromatic carbocycles. The van der Waals surface area contributed by atoms with Crippen LogP contribution < -0.4 is 0 Å². The molecule has 0 unspecified atom stereocenters. The van der Waals surface area contributed by atoms with Crippen molar-refractivity contribution in [1.82, 2.24) is 0 Å². The molecule has 0 spiro atoms. The molecule has 0 fully saturated rings. The van der Waals surface area contributed by atoms with Crippen LogP contribution in [0.15, 0.2) is 0 Å². The highest BCUT2D eigenvalue weighted by Gasteiger charge is 2.56. The van der Waals surface area contributed by atoms with E-state index in [9.17, 15) is 4.79 Å². The highest BCUT2D eigenvalue weighted by atomic mass is 28.5. The summed E-state index contributed by atoms with van der Waals surface area (Å²) in [6, 6.07) is 10.3. The number of carbonyl (C=O) groups is 1. The molecule has 0 aliphatic rings. The van der Waals surface area contributed by atoms with E-state index in [4.69, 9.17) is 16.8 Å². The summed E-state index contributed by atoms with van der Waals surface area (Å²) in [5, 5.41) is 0. The average molecular weight is 1240 g/mol. The highest BCUT2D eigenvalue weighted by molar-refractivity contribution is 6.91. The van der Waals surface area contributed by atoms with Crippen LogP contribution in [0.5, 0.6) is 0 Å². The number of rotatable bonds is 70. The number of hydrogen-bond acceptors (Lipinski definition) is 5. The lowest BCUT2D eigenvalue weighted by atomic mass is 10.1. The number of hydrogen-bond donors (Lipinski definition) is 0. The van der Waals surface area contributed by atoms with Crippen molar-refractivity contribution in [2.24, 2.45) is 0 Å². The summed E-state index contributed by atoms with van der Waals surface area (Å²) >= 11 is 0. The molecular formula is C74H156O5Si4. The lowest BCUT2D eigenvalue weighted by Gasteiger charge is -2.49. The second-order valence-electron chi connectivity index (χ2n) is 27.5. The van der Waals surface area contributed by atoms with Crippen molar-refractivity contribution in [3.05, 3.63) is 0 Å². The van der Waals surface area contributed by atoms with E-state index in [2.05, 4.69) is 62.3 Å². The Bertz CT molecular complexity index is 1230. The van der Waals surface area contributed by atoms with E-state index in [1.807, 2.05) is 0 Å². The van der Waals surface area contributed by atoms with Gasteiger partial charge < -0.3 is 16.8 Å². The molecule has 9 heteroatoms. The molecule has 498 valence electrons. The molecule has 0 bridgehead atoms. The molecule has 0 aliphatic heterocycles. The molecule has 5 nitrogen and oxygen atoms in total. The zero-order valence-electron chi connectivity index (χ0n) is 59.1. The van der Waals surface area contributed by atoms with E-state index < -0.39 is 34.0 Å². The van der Waals surface area contributed by atoms with Crippen LogP contribution in [-0.2, 0) is 21.6 Å². The predicted octanol–water partition coefficient (Wildman–Crippen LogP) is 28.1. The minimum Gasteiger partial charge on any atom is -0.495 e. The molecule has 0 heterocycles. The Morgan fingerprint density at radius 2 is 0.361 bits per heavy atom. The molecule has 0 saturated carbocycles. The van der Waals surface area contributed by atoms with Crippen molar-refractivity contribution < 1.29 is 21.6 Å². The summed E-state index contributed by atoms with van der Waals surface area (Å²) in [6.07, 6.45) is 70.4. The second kappa shape index (κ2) is 61.1. The third-order valence-electron chi connectivity index (χ3n) is 18.9. The first kappa shape index (κ1) is 83.2. The topological polar surface area (TPSA) is 54.0 Å². The Morgan fingerprint density at radius 3 is 0.566 bits per heavy atom. The Morgan fingerprint density at radius 1 is 0.205 bits per heavy atom. The van der Waals surface area contributed by atoms with E-state index in [0.717, 1.165) is 49.1 Å². The zero-order valence-corrected chi connectivity index (χ0v) is 63.1. The second-order valence-corrected chi connectivity index (χ2v) is 42.5. The van der Waals surface area contributed by atoms with Crippen LogP contribution in [0.1, 0.15) is 416 Å². The molecular weight excluding hydrogens is 1080 g/mol. The average Bonchev–Trinajstić information content (AvgIpc) is 3.47. The van der Waals surface area contributed by atoms with Crippen molar-refractivity contribution in [2.75, 3.05) is 0 Å². The van der Waals surface area contributed by atoms with Gasteiger partial charge >= 0.3 is 25.7 Å². The summed E-state index contributed by atoms with van der Waals surface area (Å²) < 4.78 is 33.8. The van der Waals surface area contributed by atoms with Gasteiger partial charge in [-0.3, -0.25) is 4.79 Å². The van der Waals surface area contributed by atoms with E-state index in [1.54, 1.807) is 6.92 Å². The van der Waals surface area contributed by atoms with Gasteiger partial charge in [-0.1, -0.05) is 409 Å². The van der Waals surface area contributed by atoms with E-state index in [-0.39, 0.29) is 5.97 Å². The third kappa shape index (κ3) is 48.7. The summed E-state index contributed by atoms with van der Waals surface area (Å²) in [5.74, 6) is -0.0992. The molecule has 83 heavy (non-hydrogen) atoms. The van der Waals surface area contributed by atoms with Crippen molar-refractivity contribution in [3.63, 3.8) is 0 Å². The monoisotopic (exact) mass is 1240 g/mol. The first-order valence-electron chi connectivity index (χ1n) is 38.9. The quantitative estimate of drug-likeness (QED) is 0.0449. The fraction of sp³-hybridized carbons (Fsp3) is 0.986. The van der Waals surface area contributed by atoms with Gasteiger partial charge in [0, 0.05) is 19.0 Å². The lowest BCUT2D eigenvalue weighted by Crippen LogP contribution is -2.63.